The van der Waals surface area contributed by atoms with Gasteiger partial charge in [-0.15, -0.1) is 0 Å². The molecule has 2 aliphatic carbocycles. The number of nitrogens with one attached hydrogen (secondary N) is 1. The molecule has 1 aromatic carbocycles. The van der Waals surface area contributed by atoms with E-state index in [9.17, 15) is 21.6 Å². The van der Waals surface area contributed by atoms with Crippen molar-refractivity contribution in [2.45, 2.75) is 55.6 Å². The molecule has 4 aliphatic rings. The lowest BCUT2D eigenvalue weighted by atomic mass is 9.86. The van der Waals surface area contributed by atoms with Crippen molar-refractivity contribution in [3.63, 3.8) is 0 Å². The lowest BCUT2D eigenvalue weighted by Gasteiger charge is -2.27. The van der Waals surface area contributed by atoms with Crippen LogP contribution in [-0.2, 0) is 15.4 Å². The monoisotopic (exact) mass is 471 g/mol. The predicted octanol–water partition coefficient (Wildman–Crippen LogP) is 3.67. The van der Waals surface area contributed by atoms with Crippen LogP contribution in [0.3, 0.4) is 0 Å². The van der Waals surface area contributed by atoms with Crippen molar-refractivity contribution in [2.75, 3.05) is 44.0 Å². The molecule has 2 unspecified atom stereocenters. The zero-order valence-electron chi connectivity index (χ0n) is 18.5. The summed E-state index contributed by atoms with van der Waals surface area (Å²) < 4.78 is 68.8. The molecule has 2 aliphatic heterocycles. The SMILES string of the molecule is CCC1(c2cc(NS(=O)(=O)C3CC3)ccc2F)C2CN(CCCN3CCC(F)(F)C3)CC21. The summed E-state index contributed by atoms with van der Waals surface area (Å²) in [7, 11) is -3.39. The first kappa shape index (κ1) is 22.5. The predicted molar refractivity (Wildman–Crippen MR) is 118 cm³/mol. The van der Waals surface area contributed by atoms with Gasteiger partial charge in [-0.1, -0.05) is 6.92 Å². The normalized spacial score (nSPS) is 32.2. The second-order valence-electron chi connectivity index (χ2n) is 10.1. The molecule has 2 saturated carbocycles. The Hall–Kier alpha value is -1.32. The molecule has 4 fully saturated rings. The maximum atomic E-state index is 14.9. The molecule has 0 amide bonds. The third kappa shape index (κ3) is 4.05. The van der Waals surface area contributed by atoms with Gasteiger partial charge in [-0.2, -0.15) is 0 Å². The highest BCUT2D eigenvalue weighted by Crippen LogP contribution is 2.66. The highest BCUT2D eigenvalue weighted by atomic mass is 32.2. The lowest BCUT2D eigenvalue weighted by molar-refractivity contribution is 0.0119. The topological polar surface area (TPSA) is 52.7 Å². The van der Waals surface area contributed by atoms with Crippen LogP contribution in [0, 0.1) is 17.7 Å². The van der Waals surface area contributed by atoms with Crippen molar-refractivity contribution in [1.29, 1.82) is 0 Å². The molecular formula is C23H32F3N3O2S. The third-order valence-electron chi connectivity index (χ3n) is 8.08. The number of fused-ring (bicyclic) bond motifs is 1. The number of hydrogen-bond acceptors (Lipinski definition) is 4. The number of piperidine rings is 1. The molecular weight excluding hydrogens is 439 g/mol. The largest absolute Gasteiger partial charge is 0.303 e. The fraction of sp³-hybridized carbons (Fsp3) is 0.739. The summed E-state index contributed by atoms with van der Waals surface area (Å²) in [5, 5.41) is -0.322. The Bertz CT molecular complexity index is 971. The average Bonchev–Trinajstić information content (AvgIpc) is 3.60. The number of sulfonamides is 1. The quantitative estimate of drug-likeness (QED) is 0.597. The first-order valence-corrected chi connectivity index (χ1v) is 13.3. The summed E-state index contributed by atoms with van der Waals surface area (Å²) in [6.07, 6.45) is 3.00. The molecule has 2 heterocycles. The molecule has 1 N–H and O–H groups in total. The Balaban J connectivity index is 1.20. The number of alkyl halides is 2. The lowest BCUT2D eigenvalue weighted by Crippen LogP contribution is -2.33. The van der Waals surface area contributed by atoms with Crippen molar-refractivity contribution >= 4 is 15.7 Å². The standard InChI is InChI=1S/C23H32F3N3O2S/c1-2-23(18-12-16(4-7-21(18)24)27-32(30,31)17-5-6-17)19-13-29(14-20(19)23)10-3-9-28-11-8-22(25,26)15-28/h4,7,12,17,19-20,27H,2-3,5-6,8-11,13-15H2,1H3. The Kier molecular flexibility index (Phi) is 5.53. The number of hydrogen-bond donors (Lipinski definition) is 1. The highest BCUT2D eigenvalue weighted by molar-refractivity contribution is 7.93. The van der Waals surface area contributed by atoms with E-state index in [1.807, 2.05) is 4.90 Å². The fourth-order valence-corrected chi connectivity index (χ4v) is 7.58. The molecule has 9 heteroatoms. The fourth-order valence-electron chi connectivity index (χ4n) is 6.20. The summed E-state index contributed by atoms with van der Waals surface area (Å²) in [5.41, 5.74) is 0.842. The van der Waals surface area contributed by atoms with Gasteiger partial charge in [-0.25, -0.2) is 21.6 Å². The maximum Gasteiger partial charge on any atom is 0.261 e. The van der Waals surface area contributed by atoms with Crippen LogP contribution in [0.1, 0.15) is 44.6 Å². The molecule has 2 saturated heterocycles. The molecule has 0 spiro atoms. The van der Waals surface area contributed by atoms with E-state index < -0.39 is 15.9 Å². The molecule has 5 nitrogen and oxygen atoms in total. The number of likely N-dealkylation sites (tertiary alicyclic amines) is 2. The van der Waals surface area contributed by atoms with E-state index in [1.165, 1.54) is 12.1 Å². The molecule has 0 bridgehead atoms. The van der Waals surface area contributed by atoms with E-state index in [2.05, 4.69) is 16.5 Å². The molecule has 1 aromatic rings. The van der Waals surface area contributed by atoms with Gasteiger partial charge in [-0.3, -0.25) is 9.62 Å². The van der Waals surface area contributed by atoms with E-state index >= 15 is 0 Å². The van der Waals surface area contributed by atoms with Gasteiger partial charge in [0.05, 0.1) is 11.8 Å². The second kappa shape index (κ2) is 7.87. The summed E-state index contributed by atoms with van der Waals surface area (Å²) in [4.78, 5) is 4.21. The van der Waals surface area contributed by atoms with E-state index in [-0.39, 0.29) is 29.4 Å². The van der Waals surface area contributed by atoms with Gasteiger partial charge in [0, 0.05) is 37.2 Å². The number of nitrogens with zero attached hydrogens (tertiary/aromatic N) is 2. The summed E-state index contributed by atoms with van der Waals surface area (Å²) in [6.45, 7) is 5.75. The van der Waals surface area contributed by atoms with Crippen LogP contribution in [-0.4, -0.2) is 68.7 Å². The Morgan fingerprint density at radius 1 is 1.12 bits per heavy atom. The van der Waals surface area contributed by atoms with Gasteiger partial charge >= 0.3 is 0 Å². The van der Waals surface area contributed by atoms with E-state index in [1.54, 1.807) is 6.07 Å². The molecule has 5 rings (SSSR count). The van der Waals surface area contributed by atoms with E-state index in [0.29, 0.717) is 49.0 Å². The minimum absolute atomic E-state index is 0.0404. The van der Waals surface area contributed by atoms with Gasteiger partial charge in [0.25, 0.3) is 5.92 Å². The number of halogens is 3. The van der Waals surface area contributed by atoms with Crippen LogP contribution in [0.25, 0.3) is 0 Å². The number of anilines is 1. The van der Waals surface area contributed by atoms with Crippen molar-refractivity contribution in [3.05, 3.63) is 29.6 Å². The van der Waals surface area contributed by atoms with E-state index in [4.69, 9.17) is 0 Å². The smallest absolute Gasteiger partial charge is 0.261 e. The van der Waals surface area contributed by atoms with Crippen LogP contribution >= 0.6 is 0 Å². The zero-order chi connectivity index (χ0) is 22.7. The van der Waals surface area contributed by atoms with Gasteiger partial charge in [0.1, 0.15) is 5.82 Å². The maximum absolute atomic E-state index is 14.9. The molecule has 2 atom stereocenters. The van der Waals surface area contributed by atoms with Gasteiger partial charge in [0.15, 0.2) is 0 Å². The van der Waals surface area contributed by atoms with Crippen LogP contribution in [0.2, 0.25) is 0 Å². The van der Waals surface area contributed by atoms with Crippen LogP contribution < -0.4 is 4.72 Å². The number of rotatable bonds is 9. The third-order valence-corrected chi connectivity index (χ3v) is 9.95. The van der Waals surface area contributed by atoms with Gasteiger partial charge in [-0.05, 0) is 74.4 Å². The van der Waals surface area contributed by atoms with Crippen LogP contribution in [0.4, 0.5) is 18.9 Å². The number of benzene rings is 1. The van der Waals surface area contributed by atoms with E-state index in [0.717, 1.165) is 32.5 Å². The molecule has 178 valence electrons. The minimum Gasteiger partial charge on any atom is -0.303 e. The average molecular weight is 472 g/mol. The van der Waals surface area contributed by atoms with Crippen LogP contribution in [0.15, 0.2) is 18.2 Å². The summed E-state index contributed by atoms with van der Waals surface area (Å²) >= 11 is 0. The van der Waals surface area contributed by atoms with Crippen molar-refractivity contribution in [3.8, 4) is 0 Å². The Morgan fingerprint density at radius 2 is 1.81 bits per heavy atom. The Morgan fingerprint density at radius 3 is 2.41 bits per heavy atom. The second-order valence-corrected chi connectivity index (χ2v) is 12.1. The highest BCUT2D eigenvalue weighted by Gasteiger charge is 2.68. The first-order valence-electron chi connectivity index (χ1n) is 11.8. The summed E-state index contributed by atoms with van der Waals surface area (Å²) in [6, 6.07) is 4.60. The van der Waals surface area contributed by atoms with Crippen molar-refractivity contribution in [1.82, 2.24) is 9.80 Å². The van der Waals surface area contributed by atoms with Crippen LogP contribution in [0.5, 0.6) is 0 Å². The van der Waals surface area contributed by atoms with Crippen molar-refractivity contribution < 1.29 is 21.6 Å². The molecule has 0 radical (unpaired) electrons. The first-order chi connectivity index (χ1) is 15.1. The molecule has 32 heavy (non-hydrogen) atoms. The van der Waals surface area contributed by atoms with Gasteiger partial charge in [0.2, 0.25) is 10.0 Å². The Labute approximate surface area is 188 Å². The zero-order valence-corrected chi connectivity index (χ0v) is 19.3. The van der Waals surface area contributed by atoms with Gasteiger partial charge < -0.3 is 4.90 Å². The summed E-state index contributed by atoms with van der Waals surface area (Å²) in [5.74, 6) is -2.10. The molecule has 0 aromatic heterocycles. The van der Waals surface area contributed by atoms with Crippen molar-refractivity contribution in [2.24, 2.45) is 11.8 Å². The minimum atomic E-state index is -3.39.